The molecule has 0 fully saturated rings. The minimum Gasteiger partial charge on any atom is -0.271 e. The molecule has 0 aliphatic rings. The Balaban J connectivity index is 1.91. The van der Waals surface area contributed by atoms with Gasteiger partial charge >= 0.3 is 0 Å². The van der Waals surface area contributed by atoms with E-state index < -0.39 is 0 Å². The van der Waals surface area contributed by atoms with E-state index in [1.165, 1.54) is 8.27 Å². The molecule has 0 aliphatic carbocycles. The molecule has 0 spiro atoms. The van der Waals surface area contributed by atoms with Gasteiger partial charge in [0.15, 0.2) is 0 Å². The van der Waals surface area contributed by atoms with Crippen molar-refractivity contribution in [1.29, 1.82) is 0 Å². The van der Waals surface area contributed by atoms with Crippen LogP contribution in [0.25, 0.3) is 10.2 Å². The molecule has 2 aromatic carbocycles. The van der Waals surface area contributed by atoms with Gasteiger partial charge in [0.05, 0.1) is 21.3 Å². The average Bonchev–Trinajstić information content (AvgIpc) is 2.90. The van der Waals surface area contributed by atoms with Crippen LogP contribution < -0.4 is 11.3 Å². The molecule has 1 atom stereocenters. The molecule has 6 heteroatoms. The number of para-hydroxylation sites is 1. The van der Waals surface area contributed by atoms with Gasteiger partial charge in [-0.25, -0.2) is 4.98 Å². The summed E-state index contributed by atoms with van der Waals surface area (Å²) in [5, 5.41) is 1.09. The van der Waals surface area contributed by atoms with Crippen LogP contribution in [0.3, 0.4) is 0 Å². The monoisotopic (exact) mass is 473 g/mol. The first-order chi connectivity index (χ1) is 10.2. The third kappa shape index (κ3) is 3.45. The zero-order chi connectivity index (χ0) is 14.8. The van der Waals surface area contributed by atoms with Gasteiger partial charge in [-0.3, -0.25) is 11.3 Å². The maximum absolute atomic E-state index is 5.77. The molecule has 1 unspecified atom stereocenters. The largest absolute Gasteiger partial charge is 0.271 e. The summed E-state index contributed by atoms with van der Waals surface area (Å²) < 4.78 is 3.47. The van der Waals surface area contributed by atoms with Gasteiger partial charge in [0.25, 0.3) is 0 Å². The first-order valence-corrected chi connectivity index (χ1v) is 9.11. The highest BCUT2D eigenvalue weighted by Gasteiger charge is 2.16. The van der Waals surface area contributed by atoms with Crippen molar-refractivity contribution in [1.82, 2.24) is 10.4 Å². The fraction of sp³-hybridized carbons (Fsp3) is 0.133. The minimum atomic E-state index is 0.0367. The zero-order valence-electron chi connectivity index (χ0n) is 11.0. The second kappa shape index (κ2) is 6.70. The molecular weight excluding hydrogens is 461 g/mol. The maximum atomic E-state index is 5.77. The van der Waals surface area contributed by atoms with Crippen molar-refractivity contribution >= 4 is 60.1 Å². The highest BCUT2D eigenvalue weighted by atomic mass is 127. The molecular formula is C15H13BrIN3S. The molecule has 0 saturated heterocycles. The van der Waals surface area contributed by atoms with Gasteiger partial charge in [-0.15, -0.1) is 11.3 Å². The van der Waals surface area contributed by atoms with E-state index in [2.05, 4.69) is 73.2 Å². The van der Waals surface area contributed by atoms with Crippen molar-refractivity contribution in [2.75, 3.05) is 0 Å². The first kappa shape index (κ1) is 15.4. The zero-order valence-corrected chi connectivity index (χ0v) is 15.6. The molecule has 0 aliphatic heterocycles. The van der Waals surface area contributed by atoms with Crippen LogP contribution in [-0.4, -0.2) is 4.98 Å². The van der Waals surface area contributed by atoms with Crippen molar-refractivity contribution in [3.63, 3.8) is 0 Å². The predicted octanol–water partition coefficient (Wildman–Crippen LogP) is 4.41. The smallest absolute Gasteiger partial charge is 0.0958 e. The van der Waals surface area contributed by atoms with Crippen LogP contribution in [0.5, 0.6) is 0 Å². The van der Waals surface area contributed by atoms with Crippen LogP contribution in [0, 0.1) is 3.57 Å². The number of nitrogens with one attached hydrogen (secondary N) is 1. The standard InChI is InChI=1S/C15H13BrIN3S/c16-11-6-5-9(17)7-10(11)13(20-18)8-15-19-12-3-1-2-4-14(12)21-15/h1-7,13,20H,8,18H2. The summed E-state index contributed by atoms with van der Waals surface area (Å²) in [4.78, 5) is 4.68. The molecule has 1 heterocycles. The summed E-state index contributed by atoms with van der Waals surface area (Å²) in [6.07, 6.45) is 0.772. The summed E-state index contributed by atoms with van der Waals surface area (Å²) in [6.45, 7) is 0. The minimum absolute atomic E-state index is 0.0367. The van der Waals surface area contributed by atoms with Gasteiger partial charge in [0.1, 0.15) is 0 Å². The predicted molar refractivity (Wildman–Crippen MR) is 100 cm³/mol. The first-order valence-electron chi connectivity index (χ1n) is 6.43. The van der Waals surface area contributed by atoms with Gasteiger partial charge in [0.2, 0.25) is 0 Å². The second-order valence-corrected chi connectivity index (χ2v) is 7.88. The summed E-state index contributed by atoms with van der Waals surface area (Å²) in [7, 11) is 0. The lowest BCUT2D eigenvalue weighted by Gasteiger charge is -2.17. The van der Waals surface area contributed by atoms with Gasteiger partial charge in [-0.1, -0.05) is 28.1 Å². The Morgan fingerprint density at radius 3 is 2.86 bits per heavy atom. The van der Waals surface area contributed by atoms with Crippen LogP contribution >= 0.6 is 49.9 Å². The number of fused-ring (bicyclic) bond motifs is 1. The van der Waals surface area contributed by atoms with Crippen molar-refractivity contribution in [2.24, 2.45) is 5.84 Å². The Kier molecular flexibility index (Phi) is 4.90. The number of hydrazine groups is 1. The number of hydrogen-bond donors (Lipinski definition) is 2. The number of benzene rings is 2. The van der Waals surface area contributed by atoms with E-state index >= 15 is 0 Å². The number of rotatable bonds is 4. The van der Waals surface area contributed by atoms with Crippen molar-refractivity contribution < 1.29 is 0 Å². The second-order valence-electron chi connectivity index (χ2n) is 4.66. The average molecular weight is 474 g/mol. The summed E-state index contributed by atoms with van der Waals surface area (Å²) in [6, 6.07) is 14.5. The van der Waals surface area contributed by atoms with Crippen LogP contribution in [0.2, 0.25) is 0 Å². The van der Waals surface area contributed by atoms with E-state index in [1.54, 1.807) is 11.3 Å². The van der Waals surface area contributed by atoms with Crippen molar-refractivity contribution in [3.8, 4) is 0 Å². The lowest BCUT2D eigenvalue weighted by Crippen LogP contribution is -2.29. The topological polar surface area (TPSA) is 50.9 Å². The van der Waals surface area contributed by atoms with E-state index in [4.69, 9.17) is 5.84 Å². The number of nitrogens with two attached hydrogens (primary N) is 1. The SMILES string of the molecule is NNC(Cc1nc2ccccc2s1)c1cc(I)ccc1Br. The molecule has 108 valence electrons. The lowest BCUT2D eigenvalue weighted by atomic mass is 10.1. The normalized spacial score (nSPS) is 12.7. The Labute approximate surface area is 149 Å². The van der Waals surface area contributed by atoms with Crippen molar-refractivity contribution in [2.45, 2.75) is 12.5 Å². The fourth-order valence-electron chi connectivity index (χ4n) is 2.22. The molecule has 3 nitrogen and oxygen atoms in total. The quantitative estimate of drug-likeness (QED) is 0.335. The Morgan fingerprint density at radius 1 is 1.29 bits per heavy atom. The maximum Gasteiger partial charge on any atom is 0.0958 e. The molecule has 21 heavy (non-hydrogen) atoms. The van der Waals surface area contributed by atoms with E-state index in [0.29, 0.717) is 0 Å². The molecule has 0 bridgehead atoms. The molecule has 1 aromatic heterocycles. The van der Waals surface area contributed by atoms with Crippen molar-refractivity contribution in [3.05, 3.63) is 61.1 Å². The number of thiazole rings is 1. The summed E-state index contributed by atoms with van der Waals surface area (Å²) >= 11 is 7.64. The Morgan fingerprint density at radius 2 is 2.10 bits per heavy atom. The van der Waals surface area contributed by atoms with Crippen LogP contribution in [0.15, 0.2) is 46.9 Å². The number of hydrogen-bond acceptors (Lipinski definition) is 4. The number of aromatic nitrogens is 1. The Hall–Kier alpha value is -0.540. The van der Waals surface area contributed by atoms with E-state index in [9.17, 15) is 0 Å². The Bertz CT molecular complexity index is 741. The molecule has 0 saturated carbocycles. The number of halogens is 2. The highest BCUT2D eigenvalue weighted by Crippen LogP contribution is 2.30. The van der Waals surface area contributed by atoms with Crippen LogP contribution in [0.1, 0.15) is 16.6 Å². The van der Waals surface area contributed by atoms with Crippen LogP contribution in [0.4, 0.5) is 0 Å². The van der Waals surface area contributed by atoms with E-state index in [1.807, 2.05) is 18.2 Å². The molecule has 0 amide bonds. The molecule has 0 radical (unpaired) electrons. The van der Waals surface area contributed by atoms with Crippen LogP contribution in [-0.2, 0) is 6.42 Å². The van der Waals surface area contributed by atoms with Gasteiger partial charge in [-0.2, -0.15) is 0 Å². The van der Waals surface area contributed by atoms with Gasteiger partial charge in [0, 0.05) is 14.5 Å². The van der Waals surface area contributed by atoms with E-state index in [0.717, 1.165) is 27.0 Å². The molecule has 3 aromatic rings. The third-order valence-corrected chi connectivity index (χ3v) is 5.70. The van der Waals surface area contributed by atoms with Gasteiger partial charge < -0.3 is 0 Å². The summed E-state index contributed by atoms with van der Waals surface area (Å²) in [5.74, 6) is 5.77. The highest BCUT2D eigenvalue weighted by molar-refractivity contribution is 14.1. The summed E-state index contributed by atoms with van der Waals surface area (Å²) in [5.41, 5.74) is 5.12. The third-order valence-electron chi connectivity index (χ3n) is 3.25. The fourth-order valence-corrected chi connectivity index (χ4v) is 4.27. The molecule has 3 N–H and O–H groups in total. The number of nitrogens with zero attached hydrogens (tertiary/aromatic N) is 1. The van der Waals surface area contributed by atoms with Gasteiger partial charge in [-0.05, 0) is 58.5 Å². The lowest BCUT2D eigenvalue weighted by molar-refractivity contribution is 0.549. The van der Waals surface area contributed by atoms with E-state index in [-0.39, 0.29) is 6.04 Å². The molecule has 3 rings (SSSR count).